The lowest BCUT2D eigenvalue weighted by molar-refractivity contribution is -0.142. The van der Waals surface area contributed by atoms with Gasteiger partial charge in [-0.2, -0.15) is 13.2 Å². The molecular weight excluding hydrogens is 270 g/mol. The van der Waals surface area contributed by atoms with Crippen LogP contribution in [0, 0.1) is 11.6 Å². The summed E-state index contributed by atoms with van der Waals surface area (Å²) in [6, 6.07) is 1.01. The van der Waals surface area contributed by atoms with Gasteiger partial charge < -0.3 is 0 Å². The van der Waals surface area contributed by atoms with Gasteiger partial charge in [0.15, 0.2) is 0 Å². The van der Waals surface area contributed by atoms with Crippen molar-refractivity contribution in [3.05, 3.63) is 53.1 Å². The number of rotatable bonds is 1. The summed E-state index contributed by atoms with van der Waals surface area (Å²) >= 11 is 0. The molecule has 102 valence electrons. The SMILES string of the molecule is Fc1cc(C2=CC=CCC2F)cc(F)c1C(F)(F)F. The van der Waals surface area contributed by atoms with Crippen LogP contribution in [0.2, 0.25) is 0 Å². The Labute approximate surface area is 105 Å². The predicted molar refractivity (Wildman–Crippen MR) is 58.0 cm³/mol. The minimum absolute atomic E-state index is 0.0239. The van der Waals surface area contributed by atoms with Crippen LogP contribution >= 0.6 is 0 Å². The van der Waals surface area contributed by atoms with Gasteiger partial charge in [0.2, 0.25) is 0 Å². The highest BCUT2D eigenvalue weighted by Crippen LogP contribution is 2.36. The van der Waals surface area contributed by atoms with E-state index in [1.54, 1.807) is 0 Å². The van der Waals surface area contributed by atoms with Crippen molar-refractivity contribution >= 4 is 5.57 Å². The Morgan fingerprint density at radius 1 is 1.05 bits per heavy atom. The van der Waals surface area contributed by atoms with Gasteiger partial charge in [-0.05, 0) is 23.3 Å². The molecule has 0 radical (unpaired) electrons. The number of hydrogen-bond donors (Lipinski definition) is 0. The molecule has 0 aromatic heterocycles. The van der Waals surface area contributed by atoms with Gasteiger partial charge in [-0.25, -0.2) is 13.2 Å². The van der Waals surface area contributed by atoms with E-state index in [1.165, 1.54) is 18.2 Å². The third kappa shape index (κ3) is 2.67. The van der Waals surface area contributed by atoms with Crippen molar-refractivity contribution in [3.8, 4) is 0 Å². The first-order valence-corrected chi connectivity index (χ1v) is 5.38. The molecule has 0 bridgehead atoms. The third-order valence-electron chi connectivity index (χ3n) is 2.75. The average Bonchev–Trinajstić information content (AvgIpc) is 2.26. The number of benzene rings is 1. The Bertz CT molecular complexity index is 530. The summed E-state index contributed by atoms with van der Waals surface area (Å²) in [5, 5.41) is 0. The number of hydrogen-bond acceptors (Lipinski definition) is 0. The first-order valence-electron chi connectivity index (χ1n) is 5.38. The monoisotopic (exact) mass is 278 g/mol. The third-order valence-corrected chi connectivity index (χ3v) is 2.75. The van der Waals surface area contributed by atoms with Crippen LogP contribution in [-0.2, 0) is 6.18 Å². The summed E-state index contributed by atoms with van der Waals surface area (Å²) in [6.07, 6.45) is -2.29. The van der Waals surface area contributed by atoms with Crippen LogP contribution in [0.1, 0.15) is 17.5 Å². The lowest BCUT2D eigenvalue weighted by Crippen LogP contribution is -2.13. The Morgan fingerprint density at radius 3 is 2.11 bits per heavy atom. The fourth-order valence-corrected chi connectivity index (χ4v) is 1.89. The summed E-state index contributed by atoms with van der Waals surface area (Å²) < 4.78 is 77.4. The molecule has 0 aliphatic heterocycles. The Kier molecular flexibility index (Phi) is 3.43. The van der Waals surface area contributed by atoms with E-state index in [1.807, 2.05) is 0 Å². The number of halogens is 6. The maximum Gasteiger partial charge on any atom is 0.422 e. The zero-order valence-electron chi connectivity index (χ0n) is 9.44. The smallest absolute Gasteiger partial charge is 0.242 e. The Hall–Kier alpha value is -1.72. The second kappa shape index (κ2) is 4.75. The lowest BCUT2D eigenvalue weighted by atomic mass is 9.94. The van der Waals surface area contributed by atoms with E-state index in [0.717, 1.165) is 0 Å². The zero-order chi connectivity index (χ0) is 14.2. The van der Waals surface area contributed by atoms with Gasteiger partial charge in [-0.1, -0.05) is 18.2 Å². The molecule has 0 spiro atoms. The maximum atomic E-state index is 13.5. The molecule has 1 aliphatic rings. The Morgan fingerprint density at radius 2 is 1.63 bits per heavy atom. The van der Waals surface area contributed by atoms with Crippen LogP contribution in [0.3, 0.4) is 0 Å². The van der Waals surface area contributed by atoms with Crippen LogP contribution < -0.4 is 0 Å². The molecule has 0 N–H and O–H groups in total. The molecular formula is C13H8F6. The highest BCUT2D eigenvalue weighted by atomic mass is 19.4. The molecule has 19 heavy (non-hydrogen) atoms. The largest absolute Gasteiger partial charge is 0.422 e. The molecule has 0 amide bonds. The summed E-state index contributed by atoms with van der Waals surface area (Å²) in [4.78, 5) is 0. The average molecular weight is 278 g/mol. The molecule has 1 atom stereocenters. The van der Waals surface area contributed by atoms with Crippen molar-refractivity contribution in [3.63, 3.8) is 0 Å². The summed E-state index contributed by atoms with van der Waals surface area (Å²) in [6.45, 7) is 0. The molecule has 0 saturated carbocycles. The molecule has 0 nitrogen and oxygen atoms in total. The number of alkyl halides is 4. The topological polar surface area (TPSA) is 0 Å². The minimum Gasteiger partial charge on any atom is -0.242 e. The van der Waals surface area contributed by atoms with Gasteiger partial charge >= 0.3 is 6.18 Å². The quantitative estimate of drug-likeness (QED) is 0.655. The summed E-state index contributed by atoms with van der Waals surface area (Å²) in [5.41, 5.74) is -2.22. The van der Waals surface area contributed by atoms with Gasteiger partial charge in [-0.3, -0.25) is 0 Å². The highest BCUT2D eigenvalue weighted by Gasteiger charge is 2.38. The van der Waals surface area contributed by atoms with Crippen LogP contribution in [0.5, 0.6) is 0 Å². The second-order valence-electron chi connectivity index (χ2n) is 4.07. The molecule has 1 aromatic rings. The van der Waals surface area contributed by atoms with Crippen molar-refractivity contribution in [2.24, 2.45) is 0 Å². The standard InChI is InChI=1S/C13H8F6/c14-9-4-2-1-3-8(9)7-5-10(15)12(11(16)6-7)13(17,18)19/h1-3,5-6,9H,4H2. The van der Waals surface area contributed by atoms with Crippen LogP contribution in [0.4, 0.5) is 26.3 Å². The molecule has 1 unspecified atom stereocenters. The van der Waals surface area contributed by atoms with Crippen LogP contribution in [0.15, 0.2) is 30.4 Å². The van der Waals surface area contributed by atoms with Crippen molar-refractivity contribution in [2.45, 2.75) is 18.8 Å². The maximum absolute atomic E-state index is 13.5. The van der Waals surface area contributed by atoms with Gasteiger partial charge in [0, 0.05) is 6.42 Å². The normalized spacial score (nSPS) is 19.5. The number of allylic oxidation sites excluding steroid dienone is 4. The fourth-order valence-electron chi connectivity index (χ4n) is 1.89. The van der Waals surface area contributed by atoms with E-state index >= 15 is 0 Å². The van der Waals surface area contributed by atoms with E-state index in [0.29, 0.717) is 12.1 Å². The van der Waals surface area contributed by atoms with Gasteiger partial charge in [0.25, 0.3) is 0 Å². The molecule has 1 aliphatic carbocycles. The summed E-state index contributed by atoms with van der Waals surface area (Å²) in [7, 11) is 0. The van der Waals surface area contributed by atoms with Gasteiger partial charge in [0.1, 0.15) is 23.4 Å². The molecule has 2 rings (SSSR count). The van der Waals surface area contributed by atoms with E-state index in [2.05, 4.69) is 0 Å². The van der Waals surface area contributed by atoms with Crippen molar-refractivity contribution in [1.82, 2.24) is 0 Å². The van der Waals surface area contributed by atoms with Crippen molar-refractivity contribution in [1.29, 1.82) is 0 Å². The molecule has 6 heteroatoms. The van der Waals surface area contributed by atoms with E-state index in [-0.39, 0.29) is 17.6 Å². The predicted octanol–water partition coefficient (Wildman–Crippen LogP) is 4.67. The van der Waals surface area contributed by atoms with Crippen LogP contribution in [-0.4, -0.2) is 6.17 Å². The van der Waals surface area contributed by atoms with Gasteiger partial charge in [0.05, 0.1) is 0 Å². The molecule has 1 aromatic carbocycles. The van der Waals surface area contributed by atoms with Crippen molar-refractivity contribution in [2.75, 3.05) is 0 Å². The molecule has 0 fully saturated rings. The zero-order valence-corrected chi connectivity index (χ0v) is 9.44. The van der Waals surface area contributed by atoms with E-state index in [9.17, 15) is 26.3 Å². The Balaban J connectivity index is 2.52. The highest BCUT2D eigenvalue weighted by molar-refractivity contribution is 5.71. The van der Waals surface area contributed by atoms with E-state index in [4.69, 9.17) is 0 Å². The molecule has 0 saturated heterocycles. The minimum atomic E-state index is -5.12. The first-order chi connectivity index (χ1) is 8.80. The second-order valence-corrected chi connectivity index (χ2v) is 4.07. The fraction of sp³-hybridized carbons (Fsp3) is 0.231. The lowest BCUT2D eigenvalue weighted by Gasteiger charge is -2.16. The van der Waals surface area contributed by atoms with Crippen LogP contribution in [0.25, 0.3) is 5.57 Å². The molecule has 0 heterocycles. The van der Waals surface area contributed by atoms with Crippen molar-refractivity contribution < 1.29 is 26.3 Å². The summed E-state index contributed by atoms with van der Waals surface area (Å²) in [5.74, 6) is -3.49. The first kappa shape index (κ1) is 13.7. The van der Waals surface area contributed by atoms with Gasteiger partial charge in [-0.15, -0.1) is 0 Å². The van der Waals surface area contributed by atoms with E-state index < -0.39 is 29.5 Å².